The molecule has 1 heterocycles. The Bertz CT molecular complexity index is 600. The smallest absolute Gasteiger partial charge is 0.329 e. The van der Waals surface area contributed by atoms with Crippen molar-refractivity contribution in [2.45, 2.75) is 64.3 Å². The van der Waals surface area contributed by atoms with E-state index < -0.39 is 11.5 Å². The van der Waals surface area contributed by atoms with E-state index in [2.05, 4.69) is 5.10 Å². The molecule has 6 heteroatoms. The van der Waals surface area contributed by atoms with E-state index in [1.807, 2.05) is 25.6 Å². The Labute approximate surface area is 137 Å². The number of carbonyl (C=O) groups is 2. The first kappa shape index (κ1) is 17.5. The van der Waals surface area contributed by atoms with Crippen LogP contribution in [0.1, 0.15) is 55.5 Å². The van der Waals surface area contributed by atoms with E-state index >= 15 is 0 Å². The average Bonchev–Trinajstić information content (AvgIpc) is 2.77. The number of amides is 1. The Kier molecular flexibility index (Phi) is 5.12. The predicted molar refractivity (Wildman–Crippen MR) is 87.2 cm³/mol. The van der Waals surface area contributed by atoms with E-state index in [0.717, 1.165) is 36.2 Å². The summed E-state index contributed by atoms with van der Waals surface area (Å²) in [7, 11) is 3.53. The number of likely N-dealkylation sites (N-methyl/N-ethyl adjacent to an activating group) is 1. The van der Waals surface area contributed by atoms with Crippen molar-refractivity contribution in [1.29, 1.82) is 0 Å². The SMILES string of the molecule is Cc1nn(C)c(C)c1CCC(=O)N(C)C1(C(=O)O)CCCCC1. The van der Waals surface area contributed by atoms with E-state index in [1.54, 1.807) is 7.05 Å². The number of rotatable bonds is 5. The quantitative estimate of drug-likeness (QED) is 0.902. The van der Waals surface area contributed by atoms with Crippen LogP contribution in [0.15, 0.2) is 0 Å². The minimum absolute atomic E-state index is 0.100. The fraction of sp³-hybridized carbons (Fsp3) is 0.706. The molecule has 0 atom stereocenters. The van der Waals surface area contributed by atoms with Gasteiger partial charge in [0, 0.05) is 26.2 Å². The van der Waals surface area contributed by atoms with Crippen molar-refractivity contribution in [1.82, 2.24) is 14.7 Å². The minimum Gasteiger partial charge on any atom is -0.479 e. The molecule has 6 nitrogen and oxygen atoms in total. The van der Waals surface area contributed by atoms with Gasteiger partial charge in [0.05, 0.1) is 5.69 Å². The Hall–Kier alpha value is -1.85. The highest BCUT2D eigenvalue weighted by atomic mass is 16.4. The van der Waals surface area contributed by atoms with Gasteiger partial charge in [0.15, 0.2) is 0 Å². The van der Waals surface area contributed by atoms with Gasteiger partial charge in [0.25, 0.3) is 0 Å². The van der Waals surface area contributed by atoms with Crippen LogP contribution in [0, 0.1) is 13.8 Å². The van der Waals surface area contributed by atoms with Crippen LogP contribution in [0.3, 0.4) is 0 Å². The van der Waals surface area contributed by atoms with Crippen molar-refractivity contribution in [2.24, 2.45) is 7.05 Å². The molecule has 1 aliphatic carbocycles. The second-order valence-electron chi connectivity index (χ2n) is 6.62. The normalized spacial score (nSPS) is 17.0. The van der Waals surface area contributed by atoms with Crippen molar-refractivity contribution in [3.8, 4) is 0 Å². The van der Waals surface area contributed by atoms with E-state index in [4.69, 9.17) is 0 Å². The maximum absolute atomic E-state index is 12.6. The lowest BCUT2D eigenvalue weighted by atomic mass is 9.80. The van der Waals surface area contributed by atoms with E-state index in [0.29, 0.717) is 25.7 Å². The van der Waals surface area contributed by atoms with Gasteiger partial charge in [0.1, 0.15) is 5.54 Å². The summed E-state index contributed by atoms with van der Waals surface area (Å²) < 4.78 is 1.82. The first-order valence-electron chi connectivity index (χ1n) is 8.28. The zero-order valence-electron chi connectivity index (χ0n) is 14.6. The van der Waals surface area contributed by atoms with Gasteiger partial charge in [-0.1, -0.05) is 19.3 Å². The van der Waals surface area contributed by atoms with Crippen LogP contribution in [-0.2, 0) is 23.1 Å². The molecule has 0 aliphatic heterocycles. The highest BCUT2D eigenvalue weighted by molar-refractivity contribution is 5.87. The van der Waals surface area contributed by atoms with Crippen molar-refractivity contribution in [3.63, 3.8) is 0 Å². The van der Waals surface area contributed by atoms with Crippen LogP contribution >= 0.6 is 0 Å². The molecule has 1 saturated carbocycles. The van der Waals surface area contributed by atoms with Crippen molar-refractivity contribution in [3.05, 3.63) is 17.0 Å². The van der Waals surface area contributed by atoms with Crippen LogP contribution in [0.2, 0.25) is 0 Å². The van der Waals surface area contributed by atoms with Gasteiger partial charge in [-0.25, -0.2) is 4.79 Å². The molecular formula is C17H27N3O3. The molecule has 1 N–H and O–H groups in total. The highest BCUT2D eigenvalue weighted by Crippen LogP contribution is 2.33. The maximum atomic E-state index is 12.6. The summed E-state index contributed by atoms with van der Waals surface area (Å²) >= 11 is 0. The van der Waals surface area contributed by atoms with Gasteiger partial charge in [-0.3, -0.25) is 9.48 Å². The largest absolute Gasteiger partial charge is 0.479 e. The molecule has 1 amide bonds. The van der Waals surface area contributed by atoms with Crippen molar-refractivity contribution < 1.29 is 14.7 Å². The monoisotopic (exact) mass is 321 g/mol. The molecule has 128 valence electrons. The Morgan fingerprint density at radius 2 is 1.87 bits per heavy atom. The molecule has 1 aromatic heterocycles. The molecule has 2 rings (SSSR count). The predicted octanol–water partition coefficient (Wildman–Crippen LogP) is 2.22. The fourth-order valence-electron chi connectivity index (χ4n) is 3.65. The molecule has 23 heavy (non-hydrogen) atoms. The van der Waals surface area contributed by atoms with Crippen molar-refractivity contribution in [2.75, 3.05) is 7.05 Å². The third kappa shape index (κ3) is 3.26. The molecule has 1 fully saturated rings. The number of aromatic nitrogens is 2. The number of hydrogen-bond acceptors (Lipinski definition) is 3. The van der Waals surface area contributed by atoms with Crippen LogP contribution < -0.4 is 0 Å². The standard InChI is InChI=1S/C17H27N3O3/c1-12-14(13(2)20(4)18-12)8-9-15(21)19(3)17(16(22)23)10-6-5-7-11-17/h5-11H2,1-4H3,(H,22,23). The van der Waals surface area contributed by atoms with E-state index in [9.17, 15) is 14.7 Å². The summed E-state index contributed by atoms with van der Waals surface area (Å²) in [6, 6.07) is 0. The lowest BCUT2D eigenvalue weighted by Crippen LogP contribution is -2.56. The zero-order valence-corrected chi connectivity index (χ0v) is 14.6. The molecule has 0 unspecified atom stereocenters. The number of hydrogen-bond donors (Lipinski definition) is 1. The third-order valence-electron chi connectivity index (χ3n) is 5.34. The van der Waals surface area contributed by atoms with Gasteiger partial charge >= 0.3 is 5.97 Å². The van der Waals surface area contributed by atoms with Crippen molar-refractivity contribution >= 4 is 11.9 Å². The number of carboxylic acids is 1. The van der Waals surface area contributed by atoms with Gasteiger partial charge in [-0.05, 0) is 38.7 Å². The Morgan fingerprint density at radius 1 is 1.26 bits per heavy atom. The Balaban J connectivity index is 2.08. The van der Waals surface area contributed by atoms with Crippen LogP contribution in [-0.4, -0.2) is 44.3 Å². The molecule has 1 aromatic rings. The lowest BCUT2D eigenvalue weighted by Gasteiger charge is -2.41. The molecule has 0 radical (unpaired) electrons. The number of carboxylic acid groups (broad SMARTS) is 1. The molecule has 1 aliphatic rings. The molecule has 0 aromatic carbocycles. The van der Waals surface area contributed by atoms with Gasteiger partial charge in [-0.15, -0.1) is 0 Å². The molecule has 0 bridgehead atoms. The summed E-state index contributed by atoms with van der Waals surface area (Å²) in [6.45, 7) is 3.93. The third-order valence-corrected chi connectivity index (χ3v) is 5.34. The molecule has 0 spiro atoms. The minimum atomic E-state index is -1.02. The summed E-state index contributed by atoms with van der Waals surface area (Å²) in [4.78, 5) is 25.9. The number of carbonyl (C=O) groups excluding carboxylic acids is 1. The Morgan fingerprint density at radius 3 is 2.35 bits per heavy atom. The van der Waals surface area contributed by atoms with Gasteiger partial charge in [-0.2, -0.15) is 5.10 Å². The average molecular weight is 321 g/mol. The lowest BCUT2D eigenvalue weighted by molar-refractivity contribution is -0.160. The van der Waals surface area contributed by atoms with Gasteiger partial charge in [0.2, 0.25) is 5.91 Å². The summed E-state index contributed by atoms with van der Waals surface area (Å²) in [6.07, 6.45) is 4.80. The van der Waals surface area contributed by atoms with E-state index in [-0.39, 0.29) is 5.91 Å². The summed E-state index contributed by atoms with van der Waals surface area (Å²) in [5, 5.41) is 14.0. The highest BCUT2D eigenvalue weighted by Gasteiger charge is 2.45. The summed E-state index contributed by atoms with van der Waals surface area (Å²) in [5.41, 5.74) is 2.06. The number of nitrogens with zero attached hydrogens (tertiary/aromatic N) is 3. The first-order valence-corrected chi connectivity index (χ1v) is 8.28. The van der Waals surface area contributed by atoms with Crippen LogP contribution in [0.25, 0.3) is 0 Å². The molecular weight excluding hydrogens is 294 g/mol. The first-order chi connectivity index (χ1) is 10.8. The zero-order chi connectivity index (χ0) is 17.2. The number of aryl methyl sites for hydroxylation is 2. The maximum Gasteiger partial charge on any atom is 0.329 e. The van der Waals surface area contributed by atoms with Gasteiger partial charge < -0.3 is 10.0 Å². The molecule has 0 saturated heterocycles. The summed E-state index contributed by atoms with van der Waals surface area (Å²) in [5.74, 6) is -0.973. The fourth-order valence-corrected chi connectivity index (χ4v) is 3.65. The van der Waals surface area contributed by atoms with Crippen LogP contribution in [0.4, 0.5) is 0 Å². The van der Waals surface area contributed by atoms with E-state index in [1.165, 1.54) is 4.90 Å². The van der Waals surface area contributed by atoms with Crippen LogP contribution in [0.5, 0.6) is 0 Å². The topological polar surface area (TPSA) is 75.4 Å². The second kappa shape index (κ2) is 6.72. The number of aliphatic carboxylic acids is 1. The second-order valence-corrected chi connectivity index (χ2v) is 6.62.